The number of nitrogens with zero attached hydrogens (tertiary/aromatic N) is 2. The molecule has 1 atom stereocenters. The van der Waals surface area contributed by atoms with Crippen molar-refractivity contribution < 1.29 is 9.84 Å². The molecule has 0 radical (unpaired) electrons. The molecular weight excluding hydrogens is 216 g/mol. The lowest BCUT2D eigenvalue weighted by atomic mass is 10.3. The quantitative estimate of drug-likeness (QED) is 0.855. The van der Waals surface area contributed by atoms with Crippen molar-refractivity contribution in [1.29, 1.82) is 0 Å². The number of hydrogen-bond donors (Lipinski definition) is 1. The average Bonchev–Trinajstić information content (AvgIpc) is 2.68. The van der Waals surface area contributed by atoms with Gasteiger partial charge in [-0.2, -0.15) is 0 Å². The zero-order valence-electron chi connectivity index (χ0n) is 10.3. The maximum absolute atomic E-state index is 9.83. The van der Waals surface area contributed by atoms with Gasteiger partial charge in [-0.05, 0) is 12.1 Å². The fourth-order valence-corrected chi connectivity index (χ4v) is 2.05. The molecule has 0 amide bonds. The lowest BCUT2D eigenvalue weighted by Gasteiger charge is -2.13. The first-order valence-corrected chi connectivity index (χ1v) is 5.87. The topological polar surface area (TPSA) is 47.3 Å². The SMILES string of the molecule is CCc1nc2ccccc2n1CC(O)COC. The van der Waals surface area contributed by atoms with E-state index in [2.05, 4.69) is 16.5 Å². The first kappa shape index (κ1) is 12.1. The maximum atomic E-state index is 9.83. The molecule has 0 bridgehead atoms. The number of hydrogen-bond acceptors (Lipinski definition) is 3. The first-order chi connectivity index (χ1) is 8.26. The van der Waals surface area contributed by atoms with Gasteiger partial charge in [-0.3, -0.25) is 0 Å². The summed E-state index contributed by atoms with van der Waals surface area (Å²) in [5, 5.41) is 9.83. The van der Waals surface area contributed by atoms with E-state index in [0.29, 0.717) is 13.2 Å². The Bertz CT molecular complexity index is 493. The highest BCUT2D eigenvalue weighted by molar-refractivity contribution is 5.75. The van der Waals surface area contributed by atoms with Crippen LogP contribution < -0.4 is 0 Å². The summed E-state index contributed by atoms with van der Waals surface area (Å²) in [4.78, 5) is 4.56. The second-order valence-electron chi connectivity index (χ2n) is 4.09. The number of ether oxygens (including phenoxy) is 1. The summed E-state index contributed by atoms with van der Waals surface area (Å²) in [6, 6.07) is 7.99. The van der Waals surface area contributed by atoms with Gasteiger partial charge in [0.2, 0.25) is 0 Å². The van der Waals surface area contributed by atoms with Crippen molar-refractivity contribution >= 4 is 11.0 Å². The molecule has 2 aromatic rings. The predicted molar refractivity (Wildman–Crippen MR) is 67.0 cm³/mol. The Morgan fingerprint density at radius 2 is 2.18 bits per heavy atom. The molecule has 92 valence electrons. The van der Waals surface area contributed by atoms with E-state index in [4.69, 9.17) is 4.74 Å². The molecule has 0 aliphatic carbocycles. The van der Waals surface area contributed by atoms with E-state index in [1.54, 1.807) is 7.11 Å². The Balaban J connectivity index is 2.36. The molecule has 0 aliphatic heterocycles. The smallest absolute Gasteiger partial charge is 0.109 e. The Kier molecular flexibility index (Phi) is 3.76. The van der Waals surface area contributed by atoms with Crippen molar-refractivity contribution in [3.05, 3.63) is 30.1 Å². The van der Waals surface area contributed by atoms with Gasteiger partial charge in [-0.15, -0.1) is 0 Å². The summed E-state index contributed by atoms with van der Waals surface area (Å²) in [6.07, 6.45) is 0.358. The van der Waals surface area contributed by atoms with Crippen LogP contribution in [0.4, 0.5) is 0 Å². The summed E-state index contributed by atoms with van der Waals surface area (Å²) in [5.74, 6) is 1.00. The van der Waals surface area contributed by atoms with Gasteiger partial charge in [0, 0.05) is 13.5 Å². The molecular formula is C13H18N2O2. The standard InChI is InChI=1S/C13H18N2O2/c1-3-13-14-11-6-4-5-7-12(11)15(13)8-10(16)9-17-2/h4-7,10,16H,3,8-9H2,1-2H3. The van der Waals surface area contributed by atoms with E-state index in [1.165, 1.54) is 0 Å². The summed E-state index contributed by atoms with van der Waals surface area (Å²) in [5.41, 5.74) is 2.05. The van der Waals surface area contributed by atoms with E-state index >= 15 is 0 Å². The normalized spacial score (nSPS) is 13.1. The van der Waals surface area contributed by atoms with Crippen LogP contribution in [0, 0.1) is 0 Å². The Morgan fingerprint density at radius 3 is 2.88 bits per heavy atom. The third kappa shape index (κ3) is 2.48. The number of fused-ring (bicyclic) bond motifs is 1. The lowest BCUT2D eigenvalue weighted by Crippen LogP contribution is -2.22. The molecule has 0 aliphatic rings. The molecule has 1 N–H and O–H groups in total. The summed E-state index contributed by atoms with van der Waals surface area (Å²) in [7, 11) is 1.59. The van der Waals surface area contributed by atoms with E-state index < -0.39 is 6.10 Å². The van der Waals surface area contributed by atoms with Gasteiger partial charge in [0.05, 0.1) is 30.3 Å². The van der Waals surface area contributed by atoms with Crippen LogP contribution in [0.3, 0.4) is 0 Å². The van der Waals surface area contributed by atoms with E-state index in [1.807, 2.05) is 24.3 Å². The predicted octanol–water partition coefficient (Wildman–Crippen LogP) is 1.61. The summed E-state index contributed by atoms with van der Waals surface area (Å²) in [6.45, 7) is 2.94. The van der Waals surface area contributed by atoms with Crippen LogP contribution in [-0.2, 0) is 17.7 Å². The first-order valence-electron chi connectivity index (χ1n) is 5.87. The second kappa shape index (κ2) is 5.29. The number of imidazole rings is 1. The molecule has 17 heavy (non-hydrogen) atoms. The number of para-hydroxylation sites is 2. The Labute approximate surface area is 101 Å². The number of rotatable bonds is 5. The third-order valence-electron chi connectivity index (χ3n) is 2.80. The average molecular weight is 234 g/mol. The molecule has 0 saturated heterocycles. The number of aromatic nitrogens is 2. The minimum absolute atomic E-state index is 0.343. The van der Waals surface area contributed by atoms with Gasteiger partial charge >= 0.3 is 0 Å². The van der Waals surface area contributed by atoms with Gasteiger partial charge in [-0.1, -0.05) is 19.1 Å². The number of methoxy groups -OCH3 is 1. The lowest BCUT2D eigenvalue weighted by molar-refractivity contribution is 0.0539. The van der Waals surface area contributed by atoms with Crippen LogP contribution in [0.2, 0.25) is 0 Å². The van der Waals surface area contributed by atoms with Crippen LogP contribution in [0.5, 0.6) is 0 Å². The minimum Gasteiger partial charge on any atom is -0.389 e. The zero-order chi connectivity index (χ0) is 12.3. The van der Waals surface area contributed by atoms with Gasteiger partial charge in [0.25, 0.3) is 0 Å². The van der Waals surface area contributed by atoms with E-state index in [-0.39, 0.29) is 0 Å². The van der Waals surface area contributed by atoms with Crippen molar-refractivity contribution in [2.75, 3.05) is 13.7 Å². The molecule has 4 nitrogen and oxygen atoms in total. The number of aryl methyl sites for hydroxylation is 1. The van der Waals surface area contributed by atoms with Gasteiger partial charge < -0.3 is 14.4 Å². The fourth-order valence-electron chi connectivity index (χ4n) is 2.05. The summed E-state index contributed by atoms with van der Waals surface area (Å²) < 4.78 is 7.02. The minimum atomic E-state index is -0.497. The van der Waals surface area contributed by atoms with Crippen molar-refractivity contribution in [1.82, 2.24) is 9.55 Å². The van der Waals surface area contributed by atoms with Crippen molar-refractivity contribution in [2.45, 2.75) is 26.0 Å². The molecule has 2 rings (SSSR count). The fraction of sp³-hybridized carbons (Fsp3) is 0.462. The van der Waals surface area contributed by atoms with Gasteiger partial charge in [0.15, 0.2) is 0 Å². The Morgan fingerprint density at radius 1 is 1.41 bits per heavy atom. The molecule has 0 fully saturated rings. The van der Waals surface area contributed by atoms with E-state index in [0.717, 1.165) is 23.3 Å². The molecule has 1 unspecified atom stereocenters. The molecule has 0 spiro atoms. The largest absolute Gasteiger partial charge is 0.389 e. The highest BCUT2D eigenvalue weighted by Gasteiger charge is 2.12. The van der Waals surface area contributed by atoms with Crippen LogP contribution in [0.1, 0.15) is 12.7 Å². The van der Waals surface area contributed by atoms with E-state index in [9.17, 15) is 5.11 Å². The van der Waals surface area contributed by atoms with Crippen LogP contribution >= 0.6 is 0 Å². The van der Waals surface area contributed by atoms with Crippen LogP contribution in [0.15, 0.2) is 24.3 Å². The molecule has 4 heteroatoms. The summed E-state index contributed by atoms with van der Waals surface area (Å²) >= 11 is 0. The molecule has 1 aromatic heterocycles. The van der Waals surface area contributed by atoms with Crippen LogP contribution in [0.25, 0.3) is 11.0 Å². The monoisotopic (exact) mass is 234 g/mol. The van der Waals surface area contributed by atoms with Crippen molar-refractivity contribution in [3.63, 3.8) is 0 Å². The molecule has 1 aromatic carbocycles. The third-order valence-corrected chi connectivity index (χ3v) is 2.80. The highest BCUT2D eigenvalue weighted by Crippen LogP contribution is 2.16. The molecule has 1 heterocycles. The van der Waals surface area contributed by atoms with Gasteiger partial charge in [-0.25, -0.2) is 4.98 Å². The highest BCUT2D eigenvalue weighted by atomic mass is 16.5. The maximum Gasteiger partial charge on any atom is 0.109 e. The number of benzene rings is 1. The van der Waals surface area contributed by atoms with Gasteiger partial charge in [0.1, 0.15) is 5.82 Å². The van der Waals surface area contributed by atoms with Crippen molar-refractivity contribution in [3.8, 4) is 0 Å². The zero-order valence-corrected chi connectivity index (χ0v) is 10.3. The molecule has 0 saturated carbocycles. The second-order valence-corrected chi connectivity index (χ2v) is 4.09. The van der Waals surface area contributed by atoms with Crippen molar-refractivity contribution in [2.24, 2.45) is 0 Å². The van der Waals surface area contributed by atoms with Crippen LogP contribution in [-0.4, -0.2) is 34.5 Å². The Hall–Kier alpha value is -1.39. The number of aliphatic hydroxyl groups is 1. The number of aliphatic hydroxyl groups excluding tert-OH is 1.